The second kappa shape index (κ2) is 18.0. The van der Waals surface area contributed by atoms with E-state index in [2.05, 4.69) is 27.4 Å². The van der Waals surface area contributed by atoms with Crippen LogP contribution in [0.3, 0.4) is 0 Å². The number of halogens is 1. The Kier molecular flexibility index (Phi) is 14.4. The molecular formula is C31H48ClN5O3. The number of aryl methyl sites for hydroxylation is 1. The largest absolute Gasteiger partial charge is 0.436 e. The molecule has 0 aliphatic heterocycles. The lowest BCUT2D eigenvalue weighted by molar-refractivity contribution is -0.178. The Morgan fingerprint density at radius 2 is 1.55 bits per heavy atom. The van der Waals surface area contributed by atoms with Gasteiger partial charge in [-0.3, -0.25) is 9.89 Å². The van der Waals surface area contributed by atoms with Gasteiger partial charge in [0.15, 0.2) is 11.5 Å². The number of nitrogens with one attached hydrogen (secondary N) is 2. The van der Waals surface area contributed by atoms with Crippen LogP contribution in [0.15, 0.2) is 24.3 Å². The van der Waals surface area contributed by atoms with Crippen molar-refractivity contribution in [1.29, 1.82) is 0 Å². The van der Waals surface area contributed by atoms with E-state index >= 15 is 0 Å². The van der Waals surface area contributed by atoms with Crippen LogP contribution in [0.2, 0.25) is 5.02 Å². The SMILES string of the molecule is CCCCCCCCCCCCCCCC(=O)OC(CC)OCNc1ccc(-c2nc3c(Cl)c(C)[nH]n3n2)cc1. The van der Waals surface area contributed by atoms with Gasteiger partial charge in [-0.1, -0.05) is 102 Å². The summed E-state index contributed by atoms with van der Waals surface area (Å²) in [6.07, 6.45) is 17.2. The van der Waals surface area contributed by atoms with Crippen LogP contribution in [0.5, 0.6) is 0 Å². The molecule has 0 amide bonds. The van der Waals surface area contributed by atoms with Gasteiger partial charge in [0.25, 0.3) is 0 Å². The number of carbonyl (C=O) groups is 1. The van der Waals surface area contributed by atoms with Gasteiger partial charge in [-0.2, -0.15) is 4.63 Å². The lowest BCUT2D eigenvalue weighted by atomic mass is 10.0. The monoisotopic (exact) mass is 573 g/mol. The van der Waals surface area contributed by atoms with Crippen molar-refractivity contribution in [2.24, 2.45) is 0 Å². The minimum Gasteiger partial charge on any atom is -0.436 e. The van der Waals surface area contributed by atoms with E-state index in [4.69, 9.17) is 21.1 Å². The van der Waals surface area contributed by atoms with Gasteiger partial charge < -0.3 is 14.8 Å². The quantitative estimate of drug-likeness (QED) is 0.0751. The molecular weight excluding hydrogens is 526 g/mol. The fraction of sp³-hybridized carbons (Fsp3) is 0.645. The van der Waals surface area contributed by atoms with Crippen LogP contribution in [-0.4, -0.2) is 38.8 Å². The number of aromatic amines is 1. The Labute approximate surface area is 244 Å². The number of hydrogen-bond acceptors (Lipinski definition) is 6. The maximum absolute atomic E-state index is 12.3. The number of unbranched alkanes of at least 4 members (excludes halogenated alkanes) is 12. The average molecular weight is 574 g/mol. The first kappa shape index (κ1) is 31.9. The first-order chi connectivity index (χ1) is 19.5. The summed E-state index contributed by atoms with van der Waals surface area (Å²) in [4.78, 5) is 16.8. The Morgan fingerprint density at radius 1 is 0.950 bits per heavy atom. The molecule has 0 aliphatic rings. The van der Waals surface area contributed by atoms with E-state index in [-0.39, 0.29) is 12.7 Å². The number of aromatic nitrogens is 4. The summed E-state index contributed by atoms with van der Waals surface area (Å²) in [5.41, 5.74) is 3.21. The normalized spacial score (nSPS) is 12.2. The van der Waals surface area contributed by atoms with Gasteiger partial charge in [-0.15, -0.1) is 5.10 Å². The van der Waals surface area contributed by atoms with E-state index in [1.54, 1.807) is 4.63 Å². The molecule has 0 radical (unpaired) electrons. The van der Waals surface area contributed by atoms with Crippen molar-refractivity contribution in [3.63, 3.8) is 0 Å². The van der Waals surface area contributed by atoms with Crippen molar-refractivity contribution in [3.05, 3.63) is 35.0 Å². The second-order valence-electron chi connectivity index (χ2n) is 10.6. The highest BCUT2D eigenvalue weighted by Crippen LogP contribution is 2.24. The molecule has 0 bridgehead atoms. The number of H-pyrrole nitrogens is 1. The van der Waals surface area contributed by atoms with Gasteiger partial charge in [-0.05, 0) is 37.6 Å². The summed E-state index contributed by atoms with van der Waals surface area (Å²) in [6.45, 7) is 6.34. The molecule has 0 fully saturated rings. The third-order valence-electron chi connectivity index (χ3n) is 7.18. The van der Waals surface area contributed by atoms with Gasteiger partial charge in [0.05, 0.1) is 5.69 Å². The number of carbonyl (C=O) groups excluding carboxylic acids is 1. The van der Waals surface area contributed by atoms with Crippen molar-refractivity contribution >= 4 is 28.9 Å². The number of ether oxygens (including phenoxy) is 2. The molecule has 3 aromatic rings. The standard InChI is InChI=1S/C31H48ClN5O3/c1-4-6-7-8-9-10-11-12-13-14-15-16-17-18-27(38)40-28(5-2)39-23-33-26-21-19-25(20-22-26)30-34-31-29(32)24(3)35-37(31)36-30/h19-22,28,33,35H,4-18,23H2,1-3H3. The van der Waals surface area contributed by atoms with Crippen molar-refractivity contribution in [1.82, 2.24) is 19.8 Å². The number of esters is 1. The highest BCUT2D eigenvalue weighted by molar-refractivity contribution is 6.34. The highest BCUT2D eigenvalue weighted by Gasteiger charge is 2.14. The molecule has 1 atom stereocenters. The summed E-state index contributed by atoms with van der Waals surface area (Å²) < 4.78 is 12.9. The smallest absolute Gasteiger partial charge is 0.308 e. The van der Waals surface area contributed by atoms with Crippen LogP contribution >= 0.6 is 11.6 Å². The number of anilines is 1. The van der Waals surface area contributed by atoms with Crippen molar-refractivity contribution < 1.29 is 14.3 Å². The van der Waals surface area contributed by atoms with Crippen LogP contribution in [0, 0.1) is 6.92 Å². The van der Waals surface area contributed by atoms with Crippen molar-refractivity contribution in [2.45, 2.75) is 123 Å². The molecule has 3 rings (SSSR count). The molecule has 8 nitrogen and oxygen atoms in total. The van der Waals surface area contributed by atoms with E-state index in [1.165, 1.54) is 70.6 Å². The maximum atomic E-state index is 12.3. The third kappa shape index (κ3) is 10.8. The fourth-order valence-electron chi connectivity index (χ4n) is 4.71. The molecule has 2 heterocycles. The van der Waals surface area contributed by atoms with Crippen molar-refractivity contribution in [2.75, 3.05) is 12.0 Å². The summed E-state index contributed by atoms with van der Waals surface area (Å²) in [5, 5.41) is 11.3. The molecule has 0 aliphatic carbocycles. The zero-order chi connectivity index (χ0) is 28.6. The molecule has 1 aromatic carbocycles. The van der Waals surface area contributed by atoms with Crippen LogP contribution in [0.25, 0.3) is 17.0 Å². The molecule has 9 heteroatoms. The summed E-state index contributed by atoms with van der Waals surface area (Å²) in [6, 6.07) is 7.74. The summed E-state index contributed by atoms with van der Waals surface area (Å²) in [5.74, 6) is 0.413. The summed E-state index contributed by atoms with van der Waals surface area (Å²) >= 11 is 6.26. The first-order valence-corrected chi connectivity index (χ1v) is 15.7. The zero-order valence-electron chi connectivity index (χ0n) is 24.6. The molecule has 0 saturated carbocycles. The van der Waals surface area contributed by atoms with E-state index in [9.17, 15) is 4.79 Å². The Balaban J connectivity index is 1.23. The molecule has 1 unspecified atom stereocenters. The van der Waals surface area contributed by atoms with Crippen LogP contribution < -0.4 is 5.32 Å². The predicted octanol–water partition coefficient (Wildman–Crippen LogP) is 8.83. The van der Waals surface area contributed by atoms with E-state index in [0.717, 1.165) is 29.8 Å². The van der Waals surface area contributed by atoms with Crippen LogP contribution in [0.1, 0.15) is 116 Å². The van der Waals surface area contributed by atoms with Gasteiger partial charge in [-0.25, -0.2) is 4.98 Å². The highest BCUT2D eigenvalue weighted by atomic mass is 35.5. The maximum Gasteiger partial charge on any atom is 0.308 e. The van der Waals surface area contributed by atoms with E-state index in [0.29, 0.717) is 29.3 Å². The van der Waals surface area contributed by atoms with Gasteiger partial charge in [0, 0.05) is 24.1 Å². The number of rotatable bonds is 21. The van der Waals surface area contributed by atoms with Crippen LogP contribution in [-0.2, 0) is 14.3 Å². The fourth-order valence-corrected chi connectivity index (χ4v) is 4.88. The average Bonchev–Trinajstić information content (AvgIpc) is 3.49. The third-order valence-corrected chi connectivity index (χ3v) is 7.63. The summed E-state index contributed by atoms with van der Waals surface area (Å²) in [7, 11) is 0. The van der Waals surface area contributed by atoms with Gasteiger partial charge >= 0.3 is 5.97 Å². The Bertz CT molecular complexity index is 1130. The topological polar surface area (TPSA) is 93.5 Å². The minimum absolute atomic E-state index is 0.182. The molecule has 2 aromatic heterocycles. The van der Waals surface area contributed by atoms with E-state index < -0.39 is 6.29 Å². The molecule has 2 N–H and O–H groups in total. The van der Waals surface area contributed by atoms with Crippen LogP contribution in [0.4, 0.5) is 5.69 Å². The molecule has 0 saturated heterocycles. The molecule has 222 valence electrons. The van der Waals surface area contributed by atoms with E-state index in [1.807, 2.05) is 38.1 Å². The second-order valence-corrected chi connectivity index (χ2v) is 11.0. The number of benzene rings is 1. The predicted molar refractivity (Wildman–Crippen MR) is 163 cm³/mol. The van der Waals surface area contributed by atoms with Crippen molar-refractivity contribution in [3.8, 4) is 11.4 Å². The first-order valence-electron chi connectivity index (χ1n) is 15.3. The lowest BCUT2D eigenvalue weighted by Gasteiger charge is -2.17. The minimum atomic E-state index is -0.549. The van der Waals surface area contributed by atoms with Gasteiger partial charge in [0.2, 0.25) is 6.29 Å². The zero-order valence-corrected chi connectivity index (χ0v) is 25.4. The number of fused-ring (bicyclic) bond motifs is 1. The molecule has 0 spiro atoms. The Morgan fingerprint density at radius 3 is 2.12 bits per heavy atom. The Hall–Kier alpha value is -2.58. The molecule has 40 heavy (non-hydrogen) atoms. The number of nitrogens with zero attached hydrogens (tertiary/aromatic N) is 3. The number of hydrogen-bond donors (Lipinski definition) is 2. The van der Waals surface area contributed by atoms with Gasteiger partial charge in [0.1, 0.15) is 11.8 Å². The lowest BCUT2D eigenvalue weighted by Crippen LogP contribution is -2.23.